The maximum atomic E-state index is 8.53. The van der Waals surface area contributed by atoms with Crippen LogP contribution < -0.4 is 0 Å². The van der Waals surface area contributed by atoms with Gasteiger partial charge in [-0.25, -0.2) is 0 Å². The van der Waals surface area contributed by atoms with Gasteiger partial charge in [0.05, 0.1) is 5.02 Å². The number of aryl methyl sites for hydroxylation is 1. The molecule has 0 spiro atoms. The topological polar surface area (TPSA) is 20.2 Å². The molecular weight excluding hydrogens is 180 g/mol. The highest BCUT2D eigenvalue weighted by Gasteiger charge is 1.96. The van der Waals surface area contributed by atoms with Gasteiger partial charge in [0.25, 0.3) is 0 Å². The van der Waals surface area contributed by atoms with Gasteiger partial charge in [-0.2, -0.15) is 0 Å². The molecule has 0 aliphatic rings. The molecule has 0 saturated heterocycles. The smallest absolute Gasteiger partial charge is 0.0515 e. The maximum absolute atomic E-state index is 8.53. The number of unbranched alkanes of at least 4 members (excludes halogenated alkanes) is 1. The zero-order valence-corrected chi connectivity index (χ0v) is 7.79. The molecule has 0 amide bonds. The Morgan fingerprint density at radius 2 is 2.27 bits per heavy atom. The molecule has 0 atom stereocenters. The molecule has 0 aliphatic carbocycles. The summed E-state index contributed by atoms with van der Waals surface area (Å²) in [6.45, 7) is 0.291. The van der Waals surface area contributed by atoms with E-state index in [1.807, 2.05) is 11.4 Å². The van der Waals surface area contributed by atoms with Crippen molar-refractivity contribution >= 4 is 22.9 Å². The van der Waals surface area contributed by atoms with E-state index in [1.54, 1.807) is 11.3 Å². The van der Waals surface area contributed by atoms with Crippen LogP contribution in [-0.4, -0.2) is 11.7 Å². The quantitative estimate of drug-likeness (QED) is 0.724. The third-order valence-electron chi connectivity index (χ3n) is 1.45. The highest BCUT2D eigenvalue weighted by molar-refractivity contribution is 7.10. The molecule has 0 aromatic carbocycles. The van der Waals surface area contributed by atoms with Crippen molar-refractivity contribution in [1.82, 2.24) is 0 Å². The number of hydrogen-bond acceptors (Lipinski definition) is 2. The third kappa shape index (κ3) is 3.23. The molecule has 1 N–H and O–H groups in total. The standard InChI is InChI=1S/C8H11ClOS/c9-7-5-8(11-6-7)3-1-2-4-10/h5-6,10H,1-4H2. The summed E-state index contributed by atoms with van der Waals surface area (Å²) in [6, 6.07) is 1.99. The van der Waals surface area contributed by atoms with E-state index in [0.29, 0.717) is 6.61 Å². The minimum absolute atomic E-state index is 0.291. The van der Waals surface area contributed by atoms with Crippen LogP contribution in [0.4, 0.5) is 0 Å². The zero-order valence-electron chi connectivity index (χ0n) is 6.22. The average Bonchev–Trinajstić information content (AvgIpc) is 2.37. The molecule has 0 unspecified atom stereocenters. The molecule has 1 aromatic heterocycles. The van der Waals surface area contributed by atoms with Gasteiger partial charge in [-0.05, 0) is 25.3 Å². The Bertz CT molecular complexity index is 210. The van der Waals surface area contributed by atoms with Crippen LogP contribution in [0.2, 0.25) is 5.02 Å². The fourth-order valence-electron chi connectivity index (χ4n) is 0.896. The summed E-state index contributed by atoms with van der Waals surface area (Å²) < 4.78 is 0. The molecule has 62 valence electrons. The first-order valence-corrected chi connectivity index (χ1v) is 4.92. The van der Waals surface area contributed by atoms with Gasteiger partial charge in [0.1, 0.15) is 0 Å². The van der Waals surface area contributed by atoms with Crippen molar-refractivity contribution in [2.45, 2.75) is 19.3 Å². The molecule has 1 heterocycles. The summed E-state index contributed by atoms with van der Waals surface area (Å²) in [4.78, 5) is 1.31. The van der Waals surface area contributed by atoms with Gasteiger partial charge in [-0.15, -0.1) is 11.3 Å². The van der Waals surface area contributed by atoms with E-state index < -0.39 is 0 Å². The van der Waals surface area contributed by atoms with E-state index >= 15 is 0 Å². The molecule has 1 aromatic rings. The third-order valence-corrected chi connectivity index (χ3v) is 2.80. The van der Waals surface area contributed by atoms with Crippen molar-refractivity contribution in [3.63, 3.8) is 0 Å². The Morgan fingerprint density at radius 1 is 1.45 bits per heavy atom. The molecule has 3 heteroatoms. The lowest BCUT2D eigenvalue weighted by molar-refractivity contribution is 0.285. The van der Waals surface area contributed by atoms with Crippen molar-refractivity contribution in [2.75, 3.05) is 6.61 Å². The lowest BCUT2D eigenvalue weighted by Crippen LogP contribution is -1.84. The number of rotatable bonds is 4. The van der Waals surface area contributed by atoms with E-state index in [0.717, 1.165) is 24.3 Å². The summed E-state index contributed by atoms with van der Waals surface area (Å²) in [5, 5.41) is 11.3. The molecular formula is C8H11ClOS. The van der Waals surface area contributed by atoms with Gasteiger partial charge < -0.3 is 5.11 Å². The van der Waals surface area contributed by atoms with E-state index in [-0.39, 0.29) is 0 Å². The minimum Gasteiger partial charge on any atom is -0.396 e. The second-order valence-electron chi connectivity index (χ2n) is 2.41. The van der Waals surface area contributed by atoms with Gasteiger partial charge in [-0.1, -0.05) is 11.6 Å². The highest BCUT2D eigenvalue weighted by atomic mass is 35.5. The van der Waals surface area contributed by atoms with Crippen LogP contribution in [0.25, 0.3) is 0 Å². The Balaban J connectivity index is 2.27. The zero-order chi connectivity index (χ0) is 8.10. The van der Waals surface area contributed by atoms with Gasteiger partial charge in [-0.3, -0.25) is 0 Å². The average molecular weight is 191 g/mol. The van der Waals surface area contributed by atoms with Gasteiger partial charge >= 0.3 is 0 Å². The van der Waals surface area contributed by atoms with Crippen LogP contribution in [0, 0.1) is 0 Å². The van der Waals surface area contributed by atoms with E-state index in [4.69, 9.17) is 16.7 Å². The SMILES string of the molecule is OCCCCc1cc(Cl)cs1. The molecule has 0 aliphatic heterocycles. The predicted octanol–water partition coefficient (Wildman–Crippen LogP) is 2.72. The van der Waals surface area contributed by atoms with Crippen molar-refractivity contribution in [3.05, 3.63) is 21.3 Å². The van der Waals surface area contributed by atoms with Gasteiger partial charge in [0, 0.05) is 16.9 Å². The van der Waals surface area contributed by atoms with Crippen molar-refractivity contribution in [3.8, 4) is 0 Å². The summed E-state index contributed by atoms with van der Waals surface area (Å²) in [7, 11) is 0. The predicted molar refractivity (Wildman–Crippen MR) is 49.4 cm³/mol. The maximum Gasteiger partial charge on any atom is 0.0515 e. The van der Waals surface area contributed by atoms with E-state index in [9.17, 15) is 0 Å². The van der Waals surface area contributed by atoms with Crippen molar-refractivity contribution in [2.24, 2.45) is 0 Å². The molecule has 1 rings (SSSR count). The summed E-state index contributed by atoms with van der Waals surface area (Å²) in [5.41, 5.74) is 0. The monoisotopic (exact) mass is 190 g/mol. The number of thiophene rings is 1. The lowest BCUT2D eigenvalue weighted by Gasteiger charge is -1.93. The Kier molecular flexibility index (Phi) is 3.91. The number of halogens is 1. The van der Waals surface area contributed by atoms with Crippen LogP contribution in [0.3, 0.4) is 0 Å². The second kappa shape index (κ2) is 4.75. The largest absolute Gasteiger partial charge is 0.396 e. The van der Waals surface area contributed by atoms with Crippen LogP contribution in [0.5, 0.6) is 0 Å². The van der Waals surface area contributed by atoms with Crippen LogP contribution >= 0.6 is 22.9 Å². The van der Waals surface area contributed by atoms with Crippen LogP contribution in [0.1, 0.15) is 17.7 Å². The molecule has 0 fully saturated rings. The summed E-state index contributed by atoms with van der Waals surface area (Å²) >= 11 is 7.42. The van der Waals surface area contributed by atoms with Crippen molar-refractivity contribution < 1.29 is 5.11 Å². The molecule has 0 saturated carbocycles. The first-order valence-electron chi connectivity index (χ1n) is 3.66. The van der Waals surface area contributed by atoms with Crippen LogP contribution in [0.15, 0.2) is 11.4 Å². The van der Waals surface area contributed by atoms with Gasteiger partial charge in [0.2, 0.25) is 0 Å². The summed E-state index contributed by atoms with van der Waals surface area (Å²) in [5.74, 6) is 0. The molecule has 1 nitrogen and oxygen atoms in total. The van der Waals surface area contributed by atoms with Crippen LogP contribution in [-0.2, 0) is 6.42 Å². The Morgan fingerprint density at radius 3 is 2.82 bits per heavy atom. The Labute approximate surface area is 75.6 Å². The fraction of sp³-hybridized carbons (Fsp3) is 0.500. The fourth-order valence-corrected chi connectivity index (χ4v) is 2.02. The minimum atomic E-state index is 0.291. The normalized spacial score (nSPS) is 10.4. The van der Waals surface area contributed by atoms with E-state index in [1.165, 1.54) is 4.88 Å². The first kappa shape index (κ1) is 9.04. The summed E-state index contributed by atoms with van der Waals surface area (Å²) in [6.07, 6.45) is 2.97. The van der Waals surface area contributed by atoms with Crippen molar-refractivity contribution in [1.29, 1.82) is 0 Å². The molecule has 0 radical (unpaired) electrons. The Hall–Kier alpha value is -0.0500. The number of aliphatic hydroxyl groups excluding tert-OH is 1. The number of hydrogen-bond donors (Lipinski definition) is 1. The van der Waals surface area contributed by atoms with Gasteiger partial charge in [0.15, 0.2) is 0 Å². The second-order valence-corrected chi connectivity index (χ2v) is 3.84. The molecule has 0 bridgehead atoms. The van der Waals surface area contributed by atoms with E-state index in [2.05, 4.69) is 0 Å². The first-order chi connectivity index (χ1) is 5.33. The lowest BCUT2D eigenvalue weighted by atomic mass is 10.2. The molecule has 11 heavy (non-hydrogen) atoms. The number of aliphatic hydroxyl groups is 1. The highest BCUT2D eigenvalue weighted by Crippen LogP contribution is 2.20.